The van der Waals surface area contributed by atoms with Crippen molar-refractivity contribution in [2.45, 2.75) is 31.1 Å². The molecule has 21 heavy (non-hydrogen) atoms. The fraction of sp³-hybridized carbons (Fsp3) is 0.500. The van der Waals surface area contributed by atoms with Gasteiger partial charge in [0.25, 0.3) is 0 Å². The molecule has 1 fully saturated rings. The van der Waals surface area contributed by atoms with Gasteiger partial charge in [-0.1, -0.05) is 19.8 Å². The van der Waals surface area contributed by atoms with Crippen molar-refractivity contribution in [3.8, 4) is 0 Å². The van der Waals surface area contributed by atoms with E-state index in [1.807, 2.05) is 0 Å². The second-order valence-electron chi connectivity index (χ2n) is 5.61. The third-order valence-corrected chi connectivity index (χ3v) is 5.05. The number of aromatic carboxylic acids is 1. The van der Waals surface area contributed by atoms with Crippen LogP contribution < -0.4 is 10.5 Å². The molecule has 2 unspecified atom stereocenters. The molecule has 0 aliphatic heterocycles. The highest BCUT2D eigenvalue weighted by atomic mass is 32.2. The molecule has 0 spiro atoms. The molecular formula is C14H20N2O4S. The van der Waals surface area contributed by atoms with Gasteiger partial charge in [-0.05, 0) is 36.5 Å². The normalized spacial score (nSPS) is 22.2. The molecule has 6 nitrogen and oxygen atoms in total. The number of hydrogen-bond acceptors (Lipinski definition) is 4. The smallest absolute Gasteiger partial charge is 0.337 e. The SMILES string of the molecule is CC1CCCC1CNc1ccc(S(N)(=O)=O)cc1C(=O)O. The molecule has 0 bridgehead atoms. The van der Waals surface area contributed by atoms with Gasteiger partial charge in [0.2, 0.25) is 10.0 Å². The van der Waals surface area contributed by atoms with Crippen LogP contribution in [0.4, 0.5) is 5.69 Å². The van der Waals surface area contributed by atoms with Crippen molar-refractivity contribution < 1.29 is 18.3 Å². The number of carboxylic acids is 1. The largest absolute Gasteiger partial charge is 0.478 e. The average molecular weight is 312 g/mol. The number of rotatable bonds is 5. The summed E-state index contributed by atoms with van der Waals surface area (Å²) in [6.07, 6.45) is 3.53. The van der Waals surface area contributed by atoms with E-state index in [9.17, 15) is 18.3 Å². The summed E-state index contributed by atoms with van der Waals surface area (Å²) in [6, 6.07) is 3.88. The van der Waals surface area contributed by atoms with Crippen molar-refractivity contribution >= 4 is 21.7 Å². The zero-order valence-electron chi connectivity index (χ0n) is 11.9. The number of primary sulfonamides is 1. The number of nitrogens with two attached hydrogens (primary N) is 1. The van der Waals surface area contributed by atoms with E-state index < -0.39 is 16.0 Å². The summed E-state index contributed by atoms with van der Waals surface area (Å²) in [6.45, 7) is 2.89. The fourth-order valence-electron chi connectivity index (χ4n) is 2.80. The van der Waals surface area contributed by atoms with E-state index in [0.717, 1.165) is 12.5 Å². The molecule has 116 valence electrons. The highest BCUT2D eigenvalue weighted by Crippen LogP contribution is 2.31. The summed E-state index contributed by atoms with van der Waals surface area (Å²) >= 11 is 0. The first-order valence-electron chi connectivity index (χ1n) is 6.93. The van der Waals surface area contributed by atoms with Crippen molar-refractivity contribution in [1.82, 2.24) is 0 Å². The lowest BCUT2D eigenvalue weighted by molar-refractivity contribution is 0.0697. The molecule has 2 rings (SSSR count). The minimum atomic E-state index is -3.91. The van der Waals surface area contributed by atoms with Crippen LogP contribution >= 0.6 is 0 Å². The summed E-state index contributed by atoms with van der Waals surface area (Å²) in [5, 5.41) is 17.4. The lowest BCUT2D eigenvalue weighted by Gasteiger charge is -2.18. The van der Waals surface area contributed by atoms with Crippen LogP contribution in [0.15, 0.2) is 23.1 Å². The van der Waals surface area contributed by atoms with Gasteiger partial charge < -0.3 is 10.4 Å². The molecule has 7 heteroatoms. The van der Waals surface area contributed by atoms with Crippen molar-refractivity contribution in [1.29, 1.82) is 0 Å². The highest BCUT2D eigenvalue weighted by molar-refractivity contribution is 7.89. The first kappa shape index (κ1) is 15.8. The molecule has 0 radical (unpaired) electrons. The van der Waals surface area contributed by atoms with Crippen molar-refractivity contribution in [3.05, 3.63) is 23.8 Å². The van der Waals surface area contributed by atoms with Crippen LogP contribution in [0.5, 0.6) is 0 Å². The van der Waals surface area contributed by atoms with Gasteiger partial charge in [-0.2, -0.15) is 0 Å². The number of nitrogens with one attached hydrogen (secondary N) is 1. The third kappa shape index (κ3) is 3.74. The van der Waals surface area contributed by atoms with Gasteiger partial charge in [-0.25, -0.2) is 18.4 Å². The van der Waals surface area contributed by atoms with Gasteiger partial charge in [0.1, 0.15) is 0 Å². The topological polar surface area (TPSA) is 109 Å². The van der Waals surface area contributed by atoms with Crippen LogP contribution in [0.2, 0.25) is 0 Å². The summed E-state index contributed by atoms with van der Waals surface area (Å²) in [5.74, 6) is -0.0403. The summed E-state index contributed by atoms with van der Waals surface area (Å²) < 4.78 is 22.6. The number of carboxylic acid groups (broad SMARTS) is 1. The average Bonchev–Trinajstić information content (AvgIpc) is 2.80. The molecule has 1 aromatic carbocycles. The summed E-state index contributed by atoms with van der Waals surface area (Å²) in [7, 11) is -3.91. The van der Waals surface area contributed by atoms with Crippen LogP contribution in [-0.2, 0) is 10.0 Å². The molecule has 0 amide bonds. The Morgan fingerprint density at radius 2 is 2.14 bits per heavy atom. The summed E-state index contributed by atoms with van der Waals surface area (Å²) in [4.78, 5) is 11.1. The Bertz CT molecular complexity index is 642. The maximum absolute atomic E-state index is 11.3. The third-order valence-electron chi connectivity index (χ3n) is 4.14. The Labute approximate surface area is 124 Å². The van der Waals surface area contributed by atoms with Crippen LogP contribution in [-0.4, -0.2) is 26.0 Å². The van der Waals surface area contributed by atoms with E-state index in [1.54, 1.807) is 0 Å². The maximum Gasteiger partial charge on any atom is 0.337 e. The Morgan fingerprint density at radius 1 is 1.43 bits per heavy atom. The molecule has 1 aromatic rings. The molecule has 0 heterocycles. The van der Waals surface area contributed by atoms with Crippen LogP contribution in [0.25, 0.3) is 0 Å². The number of benzene rings is 1. The van der Waals surface area contributed by atoms with E-state index in [4.69, 9.17) is 5.14 Å². The van der Waals surface area contributed by atoms with Gasteiger partial charge >= 0.3 is 5.97 Å². The molecule has 2 atom stereocenters. The number of carbonyl (C=O) groups is 1. The second kappa shape index (κ2) is 6.03. The Morgan fingerprint density at radius 3 is 2.67 bits per heavy atom. The minimum absolute atomic E-state index is 0.0767. The lowest BCUT2D eigenvalue weighted by atomic mass is 9.98. The molecule has 4 N–H and O–H groups in total. The van der Waals surface area contributed by atoms with Crippen LogP contribution in [0, 0.1) is 11.8 Å². The molecule has 1 aliphatic carbocycles. The second-order valence-corrected chi connectivity index (χ2v) is 7.17. The van der Waals surface area contributed by atoms with E-state index in [1.165, 1.54) is 25.0 Å². The zero-order chi connectivity index (χ0) is 15.6. The molecule has 0 aromatic heterocycles. The highest BCUT2D eigenvalue weighted by Gasteiger charge is 2.23. The Balaban J connectivity index is 2.21. The van der Waals surface area contributed by atoms with Crippen molar-refractivity contribution in [3.63, 3.8) is 0 Å². The van der Waals surface area contributed by atoms with Crippen molar-refractivity contribution in [2.75, 3.05) is 11.9 Å². The van der Waals surface area contributed by atoms with Gasteiger partial charge in [0, 0.05) is 12.2 Å². The predicted molar refractivity (Wildman–Crippen MR) is 79.8 cm³/mol. The van der Waals surface area contributed by atoms with Crippen LogP contribution in [0.3, 0.4) is 0 Å². The van der Waals surface area contributed by atoms with Gasteiger partial charge in [0.15, 0.2) is 0 Å². The standard InChI is InChI=1S/C14H20N2O4S/c1-9-3-2-4-10(9)8-16-13-6-5-11(21(15,19)20)7-12(13)14(17)18/h5-7,9-10,16H,2-4,8H2,1H3,(H,17,18)(H2,15,19,20). The molecule has 1 saturated carbocycles. The van der Waals surface area contributed by atoms with Crippen molar-refractivity contribution in [2.24, 2.45) is 17.0 Å². The van der Waals surface area contributed by atoms with E-state index in [2.05, 4.69) is 12.2 Å². The monoisotopic (exact) mass is 312 g/mol. The van der Waals surface area contributed by atoms with Gasteiger partial charge in [-0.3, -0.25) is 0 Å². The molecular weight excluding hydrogens is 292 g/mol. The first-order valence-corrected chi connectivity index (χ1v) is 8.47. The quantitative estimate of drug-likeness (QED) is 0.769. The number of anilines is 1. The Hall–Kier alpha value is -1.60. The molecule has 1 aliphatic rings. The lowest BCUT2D eigenvalue weighted by Crippen LogP contribution is -2.19. The van der Waals surface area contributed by atoms with E-state index in [-0.39, 0.29) is 10.5 Å². The maximum atomic E-state index is 11.3. The Kier molecular flexibility index (Phi) is 4.53. The predicted octanol–water partition coefficient (Wildman–Crippen LogP) is 1.88. The van der Waals surface area contributed by atoms with Crippen LogP contribution in [0.1, 0.15) is 36.5 Å². The summed E-state index contributed by atoms with van der Waals surface area (Å²) in [5.41, 5.74) is 0.348. The number of hydrogen-bond donors (Lipinski definition) is 3. The van der Waals surface area contributed by atoms with E-state index in [0.29, 0.717) is 24.1 Å². The minimum Gasteiger partial charge on any atom is -0.478 e. The van der Waals surface area contributed by atoms with Gasteiger partial charge in [0.05, 0.1) is 10.5 Å². The first-order chi connectivity index (χ1) is 9.79. The fourth-order valence-corrected chi connectivity index (χ4v) is 3.34. The van der Waals surface area contributed by atoms with Gasteiger partial charge in [-0.15, -0.1) is 0 Å². The number of sulfonamides is 1. The molecule has 0 saturated heterocycles. The van der Waals surface area contributed by atoms with E-state index >= 15 is 0 Å². The zero-order valence-corrected chi connectivity index (χ0v) is 12.7.